The number of carbonyl (C=O) groups excluding carboxylic acids is 2. The van der Waals surface area contributed by atoms with Gasteiger partial charge in [0.2, 0.25) is 0 Å². The maximum Gasteiger partial charge on any atom is 0.276 e. The standard InChI is InChI=1S/C23H25ClN4O3/c1-14(2)22-19(12-25-28(22)18-7-5-6-17(24)11-18)23(30)27-26-21(29)13-31-20-10-15(3)8-9-16(20)4/h5-12,14H,13H2,1-4H3,(H,26,29)(H,27,30). The average Bonchev–Trinajstić information content (AvgIpc) is 3.18. The Bertz CT molecular complexity index is 1110. The molecule has 0 bridgehead atoms. The summed E-state index contributed by atoms with van der Waals surface area (Å²) < 4.78 is 7.24. The third-order valence-corrected chi connectivity index (χ3v) is 4.90. The molecule has 3 rings (SSSR count). The molecule has 7 nitrogen and oxygen atoms in total. The van der Waals surface area contributed by atoms with Gasteiger partial charge in [0.15, 0.2) is 6.61 Å². The molecule has 0 unspecified atom stereocenters. The summed E-state index contributed by atoms with van der Waals surface area (Å²) in [7, 11) is 0. The highest BCUT2D eigenvalue weighted by Gasteiger charge is 2.21. The normalized spacial score (nSPS) is 10.8. The molecule has 0 fully saturated rings. The summed E-state index contributed by atoms with van der Waals surface area (Å²) in [4.78, 5) is 24.9. The molecule has 31 heavy (non-hydrogen) atoms. The number of nitrogens with zero attached hydrogens (tertiary/aromatic N) is 2. The Hall–Kier alpha value is -3.32. The van der Waals surface area contributed by atoms with Gasteiger partial charge in [-0.15, -0.1) is 0 Å². The van der Waals surface area contributed by atoms with Crippen LogP contribution >= 0.6 is 11.6 Å². The zero-order valence-electron chi connectivity index (χ0n) is 17.9. The summed E-state index contributed by atoms with van der Waals surface area (Å²) in [6.07, 6.45) is 1.48. The maximum absolute atomic E-state index is 12.7. The third-order valence-electron chi connectivity index (χ3n) is 4.67. The van der Waals surface area contributed by atoms with E-state index in [0.29, 0.717) is 22.0 Å². The van der Waals surface area contributed by atoms with E-state index in [-0.39, 0.29) is 12.5 Å². The van der Waals surface area contributed by atoms with Crippen molar-refractivity contribution in [3.05, 3.63) is 76.1 Å². The van der Waals surface area contributed by atoms with Gasteiger partial charge in [-0.2, -0.15) is 5.10 Å². The molecule has 0 aliphatic rings. The van der Waals surface area contributed by atoms with Gasteiger partial charge in [0, 0.05) is 5.02 Å². The number of amides is 2. The Balaban J connectivity index is 1.66. The molecule has 8 heteroatoms. The number of rotatable bonds is 6. The van der Waals surface area contributed by atoms with Crippen LogP contribution in [0.3, 0.4) is 0 Å². The molecular formula is C23H25ClN4O3. The lowest BCUT2D eigenvalue weighted by Gasteiger charge is -2.14. The molecule has 0 saturated carbocycles. The van der Waals surface area contributed by atoms with E-state index in [4.69, 9.17) is 16.3 Å². The molecule has 0 saturated heterocycles. The van der Waals surface area contributed by atoms with Crippen LogP contribution in [-0.4, -0.2) is 28.2 Å². The van der Waals surface area contributed by atoms with Crippen LogP contribution in [-0.2, 0) is 4.79 Å². The second-order valence-electron chi connectivity index (χ2n) is 7.55. The largest absolute Gasteiger partial charge is 0.483 e. The topological polar surface area (TPSA) is 85.2 Å². The average molecular weight is 441 g/mol. The molecule has 0 spiro atoms. The van der Waals surface area contributed by atoms with Crippen molar-refractivity contribution in [3.63, 3.8) is 0 Å². The SMILES string of the molecule is Cc1ccc(C)c(OCC(=O)NNC(=O)c2cnn(-c3cccc(Cl)c3)c2C(C)C)c1. The minimum atomic E-state index is -0.470. The summed E-state index contributed by atoms with van der Waals surface area (Å²) in [5, 5.41) is 4.92. The lowest BCUT2D eigenvalue weighted by molar-refractivity contribution is -0.123. The van der Waals surface area contributed by atoms with Gasteiger partial charge in [-0.3, -0.25) is 20.4 Å². The van der Waals surface area contributed by atoms with Gasteiger partial charge in [0.05, 0.1) is 23.1 Å². The number of hydrazine groups is 1. The molecule has 1 heterocycles. The van der Waals surface area contributed by atoms with Gasteiger partial charge >= 0.3 is 0 Å². The second kappa shape index (κ2) is 9.66. The van der Waals surface area contributed by atoms with Crippen LogP contribution < -0.4 is 15.6 Å². The number of halogens is 1. The first-order chi connectivity index (χ1) is 14.8. The van der Waals surface area contributed by atoms with Crippen LogP contribution in [0.1, 0.15) is 46.9 Å². The minimum absolute atomic E-state index is 0.00515. The first-order valence-corrected chi connectivity index (χ1v) is 10.3. The van der Waals surface area contributed by atoms with Gasteiger partial charge in [0.1, 0.15) is 5.75 Å². The molecule has 162 valence electrons. The highest BCUT2D eigenvalue weighted by atomic mass is 35.5. The molecule has 0 aliphatic carbocycles. The Morgan fingerprint density at radius 1 is 1.13 bits per heavy atom. The maximum atomic E-state index is 12.7. The van der Waals surface area contributed by atoms with E-state index in [2.05, 4.69) is 16.0 Å². The number of benzene rings is 2. The lowest BCUT2D eigenvalue weighted by Crippen LogP contribution is -2.44. The van der Waals surface area contributed by atoms with Gasteiger partial charge < -0.3 is 4.74 Å². The number of carbonyl (C=O) groups is 2. The van der Waals surface area contributed by atoms with E-state index < -0.39 is 11.8 Å². The summed E-state index contributed by atoms with van der Waals surface area (Å²) >= 11 is 6.09. The van der Waals surface area contributed by atoms with Gasteiger partial charge in [-0.25, -0.2) is 4.68 Å². The molecule has 2 aromatic carbocycles. The Morgan fingerprint density at radius 2 is 1.90 bits per heavy atom. The lowest BCUT2D eigenvalue weighted by atomic mass is 10.1. The number of hydrogen-bond acceptors (Lipinski definition) is 4. The predicted molar refractivity (Wildman–Crippen MR) is 120 cm³/mol. The Labute approximate surface area is 186 Å². The van der Waals surface area contributed by atoms with Crippen LogP contribution in [0, 0.1) is 13.8 Å². The summed E-state index contributed by atoms with van der Waals surface area (Å²) in [5.74, 6) is -0.295. The first kappa shape index (κ1) is 22.4. The van der Waals surface area contributed by atoms with Crippen LogP contribution in [0.25, 0.3) is 5.69 Å². The molecule has 0 radical (unpaired) electrons. The first-order valence-electron chi connectivity index (χ1n) is 9.89. The van der Waals surface area contributed by atoms with Gasteiger partial charge in [-0.05, 0) is 55.2 Å². The molecule has 1 aromatic heterocycles. The highest BCUT2D eigenvalue weighted by molar-refractivity contribution is 6.30. The molecule has 2 N–H and O–H groups in total. The van der Waals surface area contributed by atoms with E-state index in [1.54, 1.807) is 16.8 Å². The van der Waals surface area contributed by atoms with Crippen molar-refractivity contribution in [3.8, 4) is 11.4 Å². The number of ether oxygens (including phenoxy) is 1. The van der Waals surface area contributed by atoms with E-state index in [1.807, 2.05) is 58.0 Å². The highest BCUT2D eigenvalue weighted by Crippen LogP contribution is 2.24. The van der Waals surface area contributed by atoms with Crippen LogP contribution in [0.2, 0.25) is 5.02 Å². The van der Waals surface area contributed by atoms with E-state index in [1.165, 1.54) is 6.20 Å². The fourth-order valence-electron chi connectivity index (χ4n) is 3.14. The predicted octanol–water partition coefficient (Wildman–Crippen LogP) is 4.11. The smallest absolute Gasteiger partial charge is 0.276 e. The number of aryl methyl sites for hydroxylation is 2. The zero-order valence-corrected chi connectivity index (χ0v) is 18.7. The monoisotopic (exact) mass is 440 g/mol. The zero-order chi connectivity index (χ0) is 22.5. The van der Waals surface area contributed by atoms with E-state index in [0.717, 1.165) is 16.8 Å². The van der Waals surface area contributed by atoms with Crippen molar-refractivity contribution in [2.24, 2.45) is 0 Å². The summed E-state index contributed by atoms with van der Waals surface area (Å²) in [5.41, 5.74) is 8.61. The van der Waals surface area contributed by atoms with Crippen molar-refractivity contribution in [1.29, 1.82) is 0 Å². The quantitative estimate of drug-likeness (QED) is 0.565. The molecular weight excluding hydrogens is 416 g/mol. The summed E-state index contributed by atoms with van der Waals surface area (Å²) in [6.45, 7) is 7.56. The molecule has 0 atom stereocenters. The molecule has 3 aromatic rings. The second-order valence-corrected chi connectivity index (χ2v) is 7.99. The van der Waals surface area contributed by atoms with Crippen LogP contribution in [0.4, 0.5) is 0 Å². The third kappa shape index (κ3) is 5.44. The summed E-state index contributed by atoms with van der Waals surface area (Å²) in [6, 6.07) is 13.0. The number of nitrogens with one attached hydrogen (secondary N) is 2. The van der Waals surface area contributed by atoms with Crippen molar-refractivity contribution < 1.29 is 14.3 Å². The van der Waals surface area contributed by atoms with Crippen LogP contribution in [0.15, 0.2) is 48.7 Å². The van der Waals surface area contributed by atoms with Crippen LogP contribution in [0.5, 0.6) is 5.75 Å². The van der Waals surface area contributed by atoms with E-state index in [9.17, 15) is 9.59 Å². The van der Waals surface area contributed by atoms with Gasteiger partial charge in [0.25, 0.3) is 11.8 Å². The fraction of sp³-hybridized carbons (Fsp3) is 0.261. The van der Waals surface area contributed by atoms with E-state index >= 15 is 0 Å². The van der Waals surface area contributed by atoms with Crippen molar-refractivity contribution in [2.75, 3.05) is 6.61 Å². The van der Waals surface area contributed by atoms with Crippen molar-refractivity contribution in [1.82, 2.24) is 20.6 Å². The van der Waals surface area contributed by atoms with Crippen molar-refractivity contribution >= 4 is 23.4 Å². The Kier molecular flexibility index (Phi) is 6.97. The Morgan fingerprint density at radius 3 is 2.61 bits per heavy atom. The molecule has 0 aliphatic heterocycles. The van der Waals surface area contributed by atoms with Crippen molar-refractivity contribution in [2.45, 2.75) is 33.6 Å². The molecule has 2 amide bonds. The minimum Gasteiger partial charge on any atom is -0.483 e. The fourth-order valence-corrected chi connectivity index (χ4v) is 3.32. The number of hydrogen-bond donors (Lipinski definition) is 2. The number of aromatic nitrogens is 2. The van der Waals surface area contributed by atoms with Gasteiger partial charge in [-0.1, -0.05) is 43.6 Å².